The van der Waals surface area contributed by atoms with Crippen molar-refractivity contribution in [1.82, 2.24) is 20.0 Å². The van der Waals surface area contributed by atoms with E-state index in [9.17, 15) is 4.79 Å². The molecule has 8 heteroatoms. The lowest BCUT2D eigenvalue weighted by Crippen LogP contribution is -2.12. The highest BCUT2D eigenvalue weighted by molar-refractivity contribution is 7.21. The summed E-state index contributed by atoms with van der Waals surface area (Å²) in [7, 11) is 1.78. The maximum absolute atomic E-state index is 12.1. The molecule has 3 rings (SSSR count). The molecule has 0 saturated carbocycles. The van der Waals surface area contributed by atoms with Crippen LogP contribution in [0.3, 0.4) is 0 Å². The standard InChI is InChI=1S/C11H10N6OS/c1-17-5-3-7(16-17)14-10(18)9-8(12)6-2-4-13-15-11(6)19-9/h2-5H,12H2,1H3,(H,14,16,18). The van der Waals surface area contributed by atoms with E-state index in [4.69, 9.17) is 5.73 Å². The molecule has 0 radical (unpaired) electrons. The van der Waals surface area contributed by atoms with Crippen LogP contribution in [0.25, 0.3) is 10.2 Å². The molecule has 0 aliphatic heterocycles. The van der Waals surface area contributed by atoms with Crippen molar-refractivity contribution in [1.29, 1.82) is 0 Å². The Balaban J connectivity index is 1.95. The van der Waals surface area contributed by atoms with E-state index >= 15 is 0 Å². The third-order valence-corrected chi connectivity index (χ3v) is 3.69. The largest absolute Gasteiger partial charge is 0.397 e. The molecule has 1 amide bonds. The van der Waals surface area contributed by atoms with Crippen molar-refractivity contribution in [2.75, 3.05) is 11.1 Å². The van der Waals surface area contributed by atoms with Gasteiger partial charge in [-0.25, -0.2) is 0 Å². The van der Waals surface area contributed by atoms with Gasteiger partial charge in [-0.1, -0.05) is 0 Å². The second-order valence-corrected chi connectivity index (χ2v) is 4.92. The number of thiophene rings is 1. The summed E-state index contributed by atoms with van der Waals surface area (Å²) in [5.41, 5.74) is 6.37. The number of nitrogen functional groups attached to an aromatic ring is 1. The molecule has 0 spiro atoms. The van der Waals surface area contributed by atoms with E-state index < -0.39 is 0 Å². The highest BCUT2D eigenvalue weighted by Gasteiger charge is 2.17. The molecular weight excluding hydrogens is 264 g/mol. The van der Waals surface area contributed by atoms with Crippen molar-refractivity contribution in [3.63, 3.8) is 0 Å². The van der Waals surface area contributed by atoms with Gasteiger partial charge in [0.1, 0.15) is 9.71 Å². The fraction of sp³-hybridized carbons (Fsp3) is 0.0909. The summed E-state index contributed by atoms with van der Waals surface area (Å²) in [4.78, 5) is 13.2. The molecule has 19 heavy (non-hydrogen) atoms. The van der Waals surface area contributed by atoms with Gasteiger partial charge >= 0.3 is 0 Å². The molecule has 0 atom stereocenters. The quantitative estimate of drug-likeness (QED) is 0.733. The molecule has 7 nitrogen and oxygen atoms in total. The van der Waals surface area contributed by atoms with E-state index in [-0.39, 0.29) is 5.91 Å². The third kappa shape index (κ3) is 2.02. The number of rotatable bonds is 2. The number of amides is 1. The first-order valence-electron chi connectivity index (χ1n) is 5.46. The number of hydrogen-bond donors (Lipinski definition) is 2. The van der Waals surface area contributed by atoms with Crippen molar-refractivity contribution >= 4 is 39.0 Å². The monoisotopic (exact) mass is 274 g/mol. The molecule has 3 heterocycles. The van der Waals surface area contributed by atoms with Crippen LogP contribution in [0.4, 0.5) is 11.5 Å². The van der Waals surface area contributed by atoms with Crippen LogP contribution in [-0.2, 0) is 7.05 Å². The molecule has 3 N–H and O–H groups in total. The molecule has 3 aromatic rings. The van der Waals surface area contributed by atoms with Crippen molar-refractivity contribution in [3.8, 4) is 0 Å². The molecule has 96 valence electrons. The third-order valence-electron chi connectivity index (χ3n) is 2.58. The van der Waals surface area contributed by atoms with E-state index in [0.717, 1.165) is 5.39 Å². The van der Waals surface area contributed by atoms with Crippen molar-refractivity contribution in [2.24, 2.45) is 7.05 Å². The summed E-state index contributed by atoms with van der Waals surface area (Å²) in [6.45, 7) is 0. The minimum atomic E-state index is -0.292. The minimum absolute atomic E-state index is 0.292. The summed E-state index contributed by atoms with van der Waals surface area (Å²) >= 11 is 1.21. The minimum Gasteiger partial charge on any atom is -0.397 e. The SMILES string of the molecule is Cn1ccc(NC(=O)c2sc3nnccc3c2N)n1. The number of nitrogens with two attached hydrogens (primary N) is 1. The predicted molar refractivity (Wildman–Crippen MR) is 73.0 cm³/mol. The Labute approximate surface area is 112 Å². The van der Waals surface area contributed by atoms with Gasteiger partial charge in [0.15, 0.2) is 5.82 Å². The number of aromatic nitrogens is 4. The number of anilines is 2. The van der Waals surface area contributed by atoms with Gasteiger partial charge in [0.2, 0.25) is 0 Å². The van der Waals surface area contributed by atoms with Crippen molar-refractivity contribution in [3.05, 3.63) is 29.4 Å². The molecule has 0 aliphatic rings. The summed E-state index contributed by atoms with van der Waals surface area (Å²) in [5.74, 6) is 0.189. The number of carbonyl (C=O) groups is 1. The van der Waals surface area contributed by atoms with Crippen LogP contribution < -0.4 is 11.1 Å². The lowest BCUT2D eigenvalue weighted by molar-refractivity contribution is 0.103. The first-order chi connectivity index (χ1) is 9.15. The second-order valence-electron chi connectivity index (χ2n) is 3.92. The summed E-state index contributed by atoms with van der Waals surface area (Å²) < 4.78 is 1.61. The van der Waals surface area contributed by atoms with Gasteiger partial charge in [-0.15, -0.1) is 16.4 Å². The van der Waals surface area contributed by atoms with Crippen LogP contribution in [0.15, 0.2) is 24.5 Å². The molecule has 0 aromatic carbocycles. The zero-order chi connectivity index (χ0) is 13.4. The van der Waals surface area contributed by atoms with Crippen LogP contribution >= 0.6 is 11.3 Å². The lowest BCUT2D eigenvalue weighted by atomic mass is 10.3. The van der Waals surface area contributed by atoms with Gasteiger partial charge in [0.05, 0.1) is 11.9 Å². The first kappa shape index (κ1) is 11.6. The van der Waals surface area contributed by atoms with E-state index in [0.29, 0.717) is 21.2 Å². The second kappa shape index (κ2) is 4.32. The van der Waals surface area contributed by atoms with Crippen molar-refractivity contribution < 1.29 is 4.79 Å². The highest BCUT2D eigenvalue weighted by atomic mass is 32.1. The van der Waals surface area contributed by atoms with Gasteiger partial charge < -0.3 is 11.1 Å². The van der Waals surface area contributed by atoms with Crippen LogP contribution in [0.5, 0.6) is 0 Å². The fourth-order valence-corrected chi connectivity index (χ4v) is 2.63. The Morgan fingerprint density at radius 2 is 2.32 bits per heavy atom. The molecular formula is C11H10N6OS. The lowest BCUT2D eigenvalue weighted by Gasteiger charge is -2.00. The Morgan fingerprint density at radius 1 is 1.47 bits per heavy atom. The van der Waals surface area contributed by atoms with Crippen LogP contribution in [0, 0.1) is 0 Å². The van der Waals surface area contributed by atoms with Crippen molar-refractivity contribution in [2.45, 2.75) is 0 Å². The number of fused-ring (bicyclic) bond motifs is 1. The number of nitrogens with one attached hydrogen (secondary N) is 1. The molecule has 0 saturated heterocycles. The van der Waals surface area contributed by atoms with E-state index in [1.807, 2.05) is 0 Å². The number of hydrogen-bond acceptors (Lipinski definition) is 6. The van der Waals surface area contributed by atoms with Gasteiger partial charge in [-0.2, -0.15) is 10.2 Å². The molecule has 0 unspecified atom stereocenters. The molecule has 0 bridgehead atoms. The van der Waals surface area contributed by atoms with E-state index in [1.54, 1.807) is 36.3 Å². The Hall–Kier alpha value is -2.48. The van der Waals surface area contributed by atoms with E-state index in [2.05, 4.69) is 20.6 Å². The van der Waals surface area contributed by atoms with E-state index in [1.165, 1.54) is 11.3 Å². The zero-order valence-electron chi connectivity index (χ0n) is 9.99. The summed E-state index contributed by atoms with van der Waals surface area (Å²) in [5, 5.41) is 15.2. The topological polar surface area (TPSA) is 98.7 Å². The zero-order valence-corrected chi connectivity index (χ0v) is 10.8. The smallest absolute Gasteiger partial charge is 0.269 e. The van der Waals surface area contributed by atoms with Gasteiger partial charge in [0.25, 0.3) is 5.91 Å². The first-order valence-corrected chi connectivity index (χ1v) is 6.27. The van der Waals surface area contributed by atoms with Gasteiger partial charge in [0, 0.05) is 24.7 Å². The summed E-state index contributed by atoms with van der Waals surface area (Å²) in [6, 6.07) is 3.45. The number of carbonyl (C=O) groups excluding carboxylic acids is 1. The normalized spacial score (nSPS) is 10.8. The average Bonchev–Trinajstić information content (AvgIpc) is 2.94. The van der Waals surface area contributed by atoms with Crippen LogP contribution in [0.2, 0.25) is 0 Å². The molecule has 3 aromatic heterocycles. The Morgan fingerprint density at radius 3 is 3.00 bits per heavy atom. The molecule has 0 aliphatic carbocycles. The summed E-state index contributed by atoms with van der Waals surface area (Å²) in [6.07, 6.45) is 3.29. The number of nitrogens with zero attached hydrogens (tertiary/aromatic N) is 4. The van der Waals surface area contributed by atoms with Crippen LogP contribution in [0.1, 0.15) is 9.67 Å². The molecule has 0 fully saturated rings. The maximum atomic E-state index is 12.1. The fourth-order valence-electron chi connectivity index (χ4n) is 1.70. The van der Waals surface area contributed by atoms with Crippen LogP contribution in [-0.4, -0.2) is 25.9 Å². The maximum Gasteiger partial charge on any atom is 0.269 e. The van der Waals surface area contributed by atoms with Gasteiger partial charge in [-0.05, 0) is 6.07 Å². The Kier molecular flexibility index (Phi) is 2.64. The Bertz CT molecular complexity index is 761. The number of aryl methyl sites for hydroxylation is 1. The average molecular weight is 274 g/mol. The van der Waals surface area contributed by atoms with Gasteiger partial charge in [-0.3, -0.25) is 9.48 Å². The highest BCUT2D eigenvalue weighted by Crippen LogP contribution is 2.31. The predicted octanol–water partition coefficient (Wildman–Crippen LogP) is 1.26.